The van der Waals surface area contributed by atoms with Gasteiger partial charge in [0.25, 0.3) is 0 Å². The average molecular weight is 322 g/mol. The summed E-state index contributed by atoms with van der Waals surface area (Å²) in [5.41, 5.74) is 5.70. The van der Waals surface area contributed by atoms with Gasteiger partial charge < -0.3 is 21.1 Å². The third-order valence-corrected chi connectivity index (χ3v) is 3.49. The molecule has 0 bridgehead atoms. The van der Waals surface area contributed by atoms with Gasteiger partial charge in [-0.05, 0) is 32.1 Å². The summed E-state index contributed by atoms with van der Waals surface area (Å²) in [4.78, 5) is 23.3. The maximum atomic E-state index is 11.7. The Balaban J connectivity index is 0.00000400. The van der Waals surface area contributed by atoms with Crippen LogP contribution in [0.5, 0.6) is 0 Å². The van der Waals surface area contributed by atoms with Gasteiger partial charge >= 0.3 is 0 Å². The molecular formula is C14H28ClN3O3. The number of hydrogen-bond acceptors (Lipinski definition) is 4. The molecule has 0 aromatic heterocycles. The summed E-state index contributed by atoms with van der Waals surface area (Å²) in [6.07, 6.45) is 3.20. The first-order valence-electron chi connectivity index (χ1n) is 7.34. The maximum absolute atomic E-state index is 11.7. The summed E-state index contributed by atoms with van der Waals surface area (Å²) in [6, 6.07) is -0.534. The molecule has 7 heteroatoms. The van der Waals surface area contributed by atoms with Crippen LogP contribution in [-0.4, -0.2) is 43.2 Å². The van der Waals surface area contributed by atoms with Crippen molar-refractivity contribution in [2.45, 2.75) is 58.2 Å². The molecule has 1 heterocycles. The Morgan fingerprint density at radius 3 is 2.52 bits per heavy atom. The van der Waals surface area contributed by atoms with E-state index in [1.807, 2.05) is 20.8 Å². The van der Waals surface area contributed by atoms with E-state index in [1.165, 1.54) is 0 Å². The van der Waals surface area contributed by atoms with E-state index >= 15 is 0 Å². The highest BCUT2D eigenvalue weighted by molar-refractivity contribution is 5.87. The highest BCUT2D eigenvalue weighted by Crippen LogP contribution is 2.16. The molecule has 3 atom stereocenters. The monoisotopic (exact) mass is 321 g/mol. The van der Waals surface area contributed by atoms with E-state index in [2.05, 4.69) is 10.6 Å². The van der Waals surface area contributed by atoms with Gasteiger partial charge in [-0.15, -0.1) is 12.4 Å². The smallest absolute Gasteiger partial charge is 0.239 e. The maximum Gasteiger partial charge on any atom is 0.239 e. The van der Waals surface area contributed by atoms with Crippen LogP contribution in [0.3, 0.4) is 0 Å². The molecule has 0 aliphatic carbocycles. The van der Waals surface area contributed by atoms with Gasteiger partial charge in [0.1, 0.15) is 0 Å². The Kier molecular flexibility index (Phi) is 9.57. The predicted octanol–water partition coefficient (Wildman–Crippen LogP) is 0.582. The summed E-state index contributed by atoms with van der Waals surface area (Å²) in [6.45, 7) is 6.47. The fourth-order valence-electron chi connectivity index (χ4n) is 2.20. The third-order valence-electron chi connectivity index (χ3n) is 3.49. The van der Waals surface area contributed by atoms with E-state index in [0.29, 0.717) is 0 Å². The van der Waals surface area contributed by atoms with Crippen molar-refractivity contribution in [2.75, 3.05) is 13.2 Å². The van der Waals surface area contributed by atoms with E-state index in [1.54, 1.807) is 0 Å². The number of nitrogens with one attached hydrogen (secondary N) is 2. The summed E-state index contributed by atoms with van der Waals surface area (Å²) in [7, 11) is 0. The Labute approximate surface area is 133 Å². The topological polar surface area (TPSA) is 93.5 Å². The van der Waals surface area contributed by atoms with Crippen LogP contribution in [0, 0.1) is 5.92 Å². The highest BCUT2D eigenvalue weighted by atomic mass is 35.5. The zero-order valence-electron chi connectivity index (χ0n) is 13.1. The van der Waals surface area contributed by atoms with Crippen LogP contribution in [0.25, 0.3) is 0 Å². The predicted molar refractivity (Wildman–Crippen MR) is 84.3 cm³/mol. The van der Waals surface area contributed by atoms with E-state index in [9.17, 15) is 9.59 Å². The SMILES string of the molecule is CC(CC1CCCO1)NC(=O)CNC(=O)[C@@H](N)C(C)C.Cl. The molecule has 4 N–H and O–H groups in total. The second-order valence-corrected chi connectivity index (χ2v) is 5.83. The van der Waals surface area contributed by atoms with Gasteiger partial charge in [-0.3, -0.25) is 9.59 Å². The van der Waals surface area contributed by atoms with Crippen molar-refractivity contribution in [3.8, 4) is 0 Å². The fourth-order valence-corrected chi connectivity index (χ4v) is 2.20. The molecule has 1 saturated heterocycles. The summed E-state index contributed by atoms with van der Waals surface area (Å²) in [5, 5.41) is 5.41. The number of carbonyl (C=O) groups excluding carboxylic acids is 2. The van der Waals surface area contributed by atoms with Crippen molar-refractivity contribution in [1.82, 2.24) is 10.6 Å². The number of rotatable bonds is 7. The summed E-state index contributed by atoms with van der Waals surface area (Å²) in [5.74, 6) is -0.432. The van der Waals surface area contributed by atoms with Crippen molar-refractivity contribution < 1.29 is 14.3 Å². The first-order valence-corrected chi connectivity index (χ1v) is 7.34. The Bertz CT molecular complexity index is 333. The first-order chi connectivity index (χ1) is 9.40. The largest absolute Gasteiger partial charge is 0.378 e. The molecule has 0 saturated carbocycles. The number of amides is 2. The van der Waals surface area contributed by atoms with E-state index in [0.717, 1.165) is 25.9 Å². The van der Waals surface area contributed by atoms with E-state index in [4.69, 9.17) is 10.5 Å². The van der Waals surface area contributed by atoms with Crippen LogP contribution in [0.2, 0.25) is 0 Å². The van der Waals surface area contributed by atoms with Crippen LogP contribution < -0.4 is 16.4 Å². The molecule has 2 unspecified atom stereocenters. The summed E-state index contributed by atoms with van der Waals surface area (Å²) < 4.78 is 5.52. The lowest BCUT2D eigenvalue weighted by Crippen LogP contribution is -2.48. The zero-order chi connectivity index (χ0) is 15.1. The normalized spacial score (nSPS) is 20.5. The Hall–Kier alpha value is -0.850. The summed E-state index contributed by atoms with van der Waals surface area (Å²) >= 11 is 0. The number of carbonyl (C=O) groups is 2. The second kappa shape index (κ2) is 9.97. The van der Waals surface area contributed by atoms with Crippen molar-refractivity contribution in [2.24, 2.45) is 11.7 Å². The van der Waals surface area contributed by atoms with Gasteiger partial charge in [-0.25, -0.2) is 0 Å². The Morgan fingerprint density at radius 1 is 1.33 bits per heavy atom. The zero-order valence-corrected chi connectivity index (χ0v) is 13.9. The quantitative estimate of drug-likeness (QED) is 0.639. The van der Waals surface area contributed by atoms with Crippen LogP contribution in [0.4, 0.5) is 0 Å². The van der Waals surface area contributed by atoms with Gasteiger partial charge in [0.15, 0.2) is 0 Å². The molecule has 0 aromatic rings. The third kappa shape index (κ3) is 7.64. The molecule has 2 amide bonds. The minimum absolute atomic E-state index is 0. The van der Waals surface area contributed by atoms with Crippen LogP contribution in [0.1, 0.15) is 40.0 Å². The van der Waals surface area contributed by atoms with Crippen molar-refractivity contribution in [3.05, 3.63) is 0 Å². The minimum Gasteiger partial charge on any atom is -0.378 e. The molecule has 0 spiro atoms. The number of halogens is 1. The molecule has 1 aliphatic heterocycles. The van der Waals surface area contributed by atoms with Crippen molar-refractivity contribution in [3.63, 3.8) is 0 Å². The fraction of sp³-hybridized carbons (Fsp3) is 0.857. The molecule has 1 aliphatic rings. The second-order valence-electron chi connectivity index (χ2n) is 5.83. The van der Waals surface area contributed by atoms with Gasteiger partial charge in [0.05, 0.1) is 18.7 Å². The molecular weight excluding hydrogens is 294 g/mol. The van der Waals surface area contributed by atoms with E-state index < -0.39 is 6.04 Å². The highest BCUT2D eigenvalue weighted by Gasteiger charge is 2.20. The lowest BCUT2D eigenvalue weighted by Gasteiger charge is -2.19. The van der Waals surface area contributed by atoms with Crippen LogP contribution >= 0.6 is 12.4 Å². The number of hydrogen-bond donors (Lipinski definition) is 3. The molecule has 6 nitrogen and oxygen atoms in total. The van der Waals surface area contributed by atoms with Crippen LogP contribution in [0.15, 0.2) is 0 Å². The molecule has 21 heavy (non-hydrogen) atoms. The van der Waals surface area contributed by atoms with Gasteiger partial charge in [0.2, 0.25) is 11.8 Å². The molecule has 124 valence electrons. The first kappa shape index (κ1) is 20.1. The van der Waals surface area contributed by atoms with Gasteiger partial charge in [-0.2, -0.15) is 0 Å². The molecule has 1 rings (SSSR count). The average Bonchev–Trinajstić information content (AvgIpc) is 2.87. The minimum atomic E-state index is -0.577. The van der Waals surface area contributed by atoms with Gasteiger partial charge in [0, 0.05) is 12.6 Å². The molecule has 0 radical (unpaired) electrons. The molecule has 1 fully saturated rings. The lowest BCUT2D eigenvalue weighted by molar-refractivity contribution is -0.127. The standard InChI is InChI=1S/C14H27N3O3.ClH/c1-9(2)13(15)14(19)16-8-12(18)17-10(3)7-11-5-4-6-20-11;/h9-11,13H,4-8,15H2,1-3H3,(H,16,19)(H,17,18);1H/t10?,11?,13-;/m0./s1. The number of nitrogens with two attached hydrogens (primary N) is 1. The molecule has 0 aromatic carbocycles. The van der Waals surface area contributed by atoms with Crippen molar-refractivity contribution >= 4 is 24.2 Å². The Morgan fingerprint density at radius 2 is 2.00 bits per heavy atom. The van der Waals surface area contributed by atoms with Crippen molar-refractivity contribution in [1.29, 1.82) is 0 Å². The van der Waals surface area contributed by atoms with Crippen LogP contribution in [-0.2, 0) is 14.3 Å². The lowest BCUT2D eigenvalue weighted by atomic mass is 10.1. The van der Waals surface area contributed by atoms with E-state index in [-0.39, 0.29) is 48.8 Å². The van der Waals surface area contributed by atoms with Gasteiger partial charge in [-0.1, -0.05) is 13.8 Å². The number of ether oxygens (including phenoxy) is 1.